The number of hydrogen-bond donors (Lipinski definition) is 0. The summed E-state index contributed by atoms with van der Waals surface area (Å²) < 4.78 is 27.6. The van der Waals surface area contributed by atoms with E-state index in [2.05, 4.69) is 4.74 Å². The average molecular weight is 234 g/mol. The molecule has 0 aromatic rings. The molecule has 0 bridgehead atoms. The maximum Gasteiger partial charge on any atom is 0.320 e. The van der Waals surface area contributed by atoms with Crippen molar-refractivity contribution in [3.63, 3.8) is 0 Å². The summed E-state index contributed by atoms with van der Waals surface area (Å²) in [4.78, 5) is 22.2. The fraction of sp³-hybridized carbons (Fsp3) is 0.778. The van der Waals surface area contributed by atoms with E-state index in [1.54, 1.807) is 0 Å². The van der Waals surface area contributed by atoms with Crippen molar-refractivity contribution in [2.45, 2.75) is 30.9 Å². The smallest absolute Gasteiger partial charge is 0.320 e. The number of Topliss-reactive ketones (excluding diaryl/α,β-unsaturated/α-hetero) is 1. The van der Waals surface area contributed by atoms with Crippen LogP contribution in [0.15, 0.2) is 0 Å². The molecule has 0 amide bonds. The highest BCUT2D eigenvalue weighted by atomic mass is 32.2. The zero-order valence-corrected chi connectivity index (χ0v) is 9.38. The second-order valence-corrected chi connectivity index (χ2v) is 5.77. The Morgan fingerprint density at radius 3 is 2.67 bits per heavy atom. The minimum Gasteiger partial charge on any atom is -0.468 e. The molecule has 86 valence electrons. The van der Waals surface area contributed by atoms with Gasteiger partial charge in [-0.25, -0.2) is 8.42 Å². The molecule has 15 heavy (non-hydrogen) atoms. The molecule has 5 nitrogen and oxygen atoms in total. The normalized spacial score (nSPS) is 22.5. The Balaban J connectivity index is 2.76. The van der Waals surface area contributed by atoms with Gasteiger partial charge in [-0.3, -0.25) is 9.59 Å². The van der Waals surface area contributed by atoms with E-state index in [0.717, 1.165) is 20.0 Å². The van der Waals surface area contributed by atoms with Crippen molar-refractivity contribution in [1.82, 2.24) is 0 Å². The van der Waals surface area contributed by atoms with Gasteiger partial charge < -0.3 is 4.74 Å². The molecule has 0 aromatic carbocycles. The molecular formula is C9H14O5S. The molecule has 0 heterocycles. The lowest BCUT2D eigenvalue weighted by Gasteiger charge is -2.19. The largest absolute Gasteiger partial charge is 0.468 e. The second kappa shape index (κ2) is 4.74. The van der Waals surface area contributed by atoms with E-state index in [1.165, 1.54) is 0 Å². The van der Waals surface area contributed by atoms with Crippen molar-refractivity contribution in [2.75, 3.05) is 12.9 Å². The highest BCUT2D eigenvalue weighted by Crippen LogP contribution is 2.21. The number of ether oxygens (including phenoxy) is 1. The fourth-order valence-electron chi connectivity index (χ4n) is 1.65. The van der Waals surface area contributed by atoms with Crippen LogP contribution in [0.25, 0.3) is 0 Å². The molecule has 1 aliphatic rings. The first-order valence-corrected chi connectivity index (χ1v) is 6.50. The Labute approximate surface area is 88.7 Å². The first kappa shape index (κ1) is 12.2. The molecule has 1 saturated carbocycles. The molecule has 1 rings (SSSR count). The summed E-state index contributed by atoms with van der Waals surface area (Å²) >= 11 is 0. The molecule has 0 aromatic heterocycles. The molecule has 0 N–H and O–H groups in total. The van der Waals surface area contributed by atoms with Crippen LogP contribution in [0, 0.1) is 0 Å². The van der Waals surface area contributed by atoms with E-state index in [4.69, 9.17) is 0 Å². The van der Waals surface area contributed by atoms with Gasteiger partial charge in [-0.2, -0.15) is 0 Å². The van der Waals surface area contributed by atoms with Gasteiger partial charge in [0.25, 0.3) is 0 Å². The third kappa shape index (κ3) is 3.02. The lowest BCUT2D eigenvalue weighted by molar-refractivity contribution is -0.137. The summed E-state index contributed by atoms with van der Waals surface area (Å²) in [6, 6.07) is 0. The van der Waals surface area contributed by atoms with Crippen molar-refractivity contribution in [2.24, 2.45) is 0 Å². The second-order valence-electron chi connectivity index (χ2n) is 3.58. The van der Waals surface area contributed by atoms with Crippen LogP contribution in [-0.2, 0) is 24.2 Å². The van der Waals surface area contributed by atoms with Gasteiger partial charge in [0.05, 0.1) is 7.11 Å². The van der Waals surface area contributed by atoms with E-state index in [0.29, 0.717) is 12.8 Å². The van der Waals surface area contributed by atoms with Gasteiger partial charge in [-0.05, 0) is 12.8 Å². The standard InChI is InChI=1S/C9H14O5S/c1-14-9(11)6-15(12,13)8-5-3-2-4-7(8)10/h8H,2-6H2,1H3. The maximum absolute atomic E-state index is 11.6. The number of carbonyl (C=O) groups is 2. The van der Waals surface area contributed by atoms with Gasteiger partial charge in [0, 0.05) is 6.42 Å². The van der Waals surface area contributed by atoms with Crippen LogP contribution in [0.5, 0.6) is 0 Å². The monoisotopic (exact) mass is 234 g/mol. The van der Waals surface area contributed by atoms with E-state index in [1.807, 2.05) is 0 Å². The molecule has 0 radical (unpaired) electrons. The van der Waals surface area contributed by atoms with Gasteiger partial charge in [-0.15, -0.1) is 0 Å². The zero-order valence-electron chi connectivity index (χ0n) is 8.56. The Bertz CT molecular complexity index is 357. The summed E-state index contributed by atoms with van der Waals surface area (Å²) in [5.74, 6) is -1.78. The molecule has 1 fully saturated rings. The Morgan fingerprint density at radius 2 is 2.13 bits per heavy atom. The molecule has 6 heteroatoms. The van der Waals surface area contributed by atoms with Crippen LogP contribution >= 0.6 is 0 Å². The third-order valence-corrected chi connectivity index (χ3v) is 4.48. The molecule has 0 saturated heterocycles. The average Bonchev–Trinajstić information content (AvgIpc) is 2.17. The van der Waals surface area contributed by atoms with Gasteiger partial charge in [0.15, 0.2) is 15.6 Å². The minimum atomic E-state index is -3.67. The van der Waals surface area contributed by atoms with Crippen LogP contribution in [0.1, 0.15) is 25.7 Å². The summed E-state index contributed by atoms with van der Waals surface area (Å²) in [7, 11) is -2.54. The van der Waals surface area contributed by atoms with Gasteiger partial charge >= 0.3 is 5.97 Å². The summed E-state index contributed by atoms with van der Waals surface area (Å²) in [5.41, 5.74) is 0. The van der Waals surface area contributed by atoms with Crippen molar-refractivity contribution >= 4 is 21.6 Å². The minimum absolute atomic E-state index is 0.273. The quantitative estimate of drug-likeness (QED) is 0.646. The number of carbonyl (C=O) groups excluding carboxylic acids is 2. The van der Waals surface area contributed by atoms with Crippen LogP contribution in [0.4, 0.5) is 0 Å². The van der Waals surface area contributed by atoms with Gasteiger partial charge in [0.1, 0.15) is 11.0 Å². The number of methoxy groups -OCH3 is 1. The predicted molar refractivity (Wildman–Crippen MR) is 53.1 cm³/mol. The lowest BCUT2D eigenvalue weighted by Crippen LogP contribution is -2.36. The van der Waals surface area contributed by atoms with E-state index < -0.39 is 26.8 Å². The van der Waals surface area contributed by atoms with E-state index in [9.17, 15) is 18.0 Å². The van der Waals surface area contributed by atoms with Gasteiger partial charge in [0.2, 0.25) is 0 Å². The molecule has 0 aliphatic heterocycles. The highest BCUT2D eigenvalue weighted by molar-refractivity contribution is 7.93. The number of ketones is 1. The predicted octanol–water partition coefficient (Wildman–Crippen LogP) is 0.0859. The van der Waals surface area contributed by atoms with Crippen molar-refractivity contribution in [1.29, 1.82) is 0 Å². The number of hydrogen-bond acceptors (Lipinski definition) is 5. The van der Waals surface area contributed by atoms with Gasteiger partial charge in [-0.1, -0.05) is 6.42 Å². The number of sulfone groups is 1. The maximum atomic E-state index is 11.6. The zero-order chi connectivity index (χ0) is 11.5. The molecule has 1 aliphatic carbocycles. The Kier molecular flexibility index (Phi) is 3.84. The Morgan fingerprint density at radius 1 is 1.47 bits per heavy atom. The lowest BCUT2D eigenvalue weighted by atomic mass is 9.99. The number of esters is 1. The Hall–Kier alpha value is -0.910. The SMILES string of the molecule is COC(=O)CS(=O)(=O)C1CCCCC1=O. The molecule has 0 spiro atoms. The van der Waals surface area contributed by atoms with Crippen LogP contribution in [0.3, 0.4) is 0 Å². The summed E-state index contributed by atoms with van der Waals surface area (Å²) in [5, 5.41) is -0.995. The highest BCUT2D eigenvalue weighted by Gasteiger charge is 2.35. The summed E-state index contributed by atoms with van der Waals surface area (Å²) in [6.07, 6.45) is 2.09. The van der Waals surface area contributed by atoms with Crippen LogP contribution < -0.4 is 0 Å². The first-order valence-electron chi connectivity index (χ1n) is 4.78. The molecule has 1 atom stereocenters. The molecule has 1 unspecified atom stereocenters. The topological polar surface area (TPSA) is 77.5 Å². The van der Waals surface area contributed by atoms with Crippen molar-refractivity contribution in [3.8, 4) is 0 Å². The van der Waals surface area contributed by atoms with E-state index in [-0.39, 0.29) is 5.78 Å². The van der Waals surface area contributed by atoms with Crippen LogP contribution in [-0.4, -0.2) is 38.3 Å². The third-order valence-electron chi connectivity index (χ3n) is 2.48. The number of rotatable bonds is 3. The van der Waals surface area contributed by atoms with Crippen molar-refractivity contribution < 1.29 is 22.7 Å². The van der Waals surface area contributed by atoms with Crippen LogP contribution in [0.2, 0.25) is 0 Å². The first-order chi connectivity index (χ1) is 6.97. The van der Waals surface area contributed by atoms with Crippen molar-refractivity contribution in [3.05, 3.63) is 0 Å². The van der Waals surface area contributed by atoms with E-state index >= 15 is 0 Å². The molecular weight excluding hydrogens is 220 g/mol. The summed E-state index contributed by atoms with van der Waals surface area (Å²) in [6.45, 7) is 0. The fourth-order valence-corrected chi connectivity index (χ4v) is 3.35.